The van der Waals surface area contributed by atoms with Gasteiger partial charge in [0.05, 0.1) is 6.42 Å². The van der Waals surface area contributed by atoms with E-state index in [1.165, 1.54) is 0 Å². The van der Waals surface area contributed by atoms with Crippen LogP contribution >= 0.6 is 0 Å². The van der Waals surface area contributed by atoms with Crippen LogP contribution in [-0.4, -0.2) is 17.7 Å². The Bertz CT molecular complexity index is 240. The first-order valence-electron chi connectivity index (χ1n) is 3.98. The van der Waals surface area contributed by atoms with Gasteiger partial charge in [-0.2, -0.15) is 0 Å². The van der Waals surface area contributed by atoms with Crippen molar-refractivity contribution >= 4 is 17.7 Å². The first-order valence-corrected chi connectivity index (χ1v) is 3.98. The van der Waals surface area contributed by atoms with Crippen LogP contribution in [0.25, 0.3) is 0 Å². The van der Waals surface area contributed by atoms with Crippen molar-refractivity contribution < 1.29 is 45.0 Å². The van der Waals surface area contributed by atoms with Gasteiger partial charge in [-0.15, -0.1) is 0 Å². The number of hydrogen-bond donors (Lipinski definition) is 0. The van der Waals surface area contributed by atoms with Crippen molar-refractivity contribution in [3.63, 3.8) is 0 Å². The second-order valence-corrected chi connectivity index (χ2v) is 4.06. The summed E-state index contributed by atoms with van der Waals surface area (Å²) in [5.41, 5.74) is -0.242. The van der Waals surface area contributed by atoms with Crippen molar-refractivity contribution in [1.82, 2.24) is 0 Å². The number of hydrogen-bond acceptors (Lipinski definition) is 4. The van der Waals surface area contributed by atoms with Crippen LogP contribution < -0.4 is 0 Å². The summed E-state index contributed by atoms with van der Waals surface area (Å²) in [6, 6.07) is 0. The van der Waals surface area contributed by atoms with E-state index in [-0.39, 0.29) is 37.7 Å². The van der Waals surface area contributed by atoms with E-state index in [0.29, 0.717) is 0 Å². The summed E-state index contributed by atoms with van der Waals surface area (Å²) in [5, 5.41) is 0. The predicted octanol–water partition coefficient (Wildman–Crippen LogP) is 1.08. The molecule has 77 valence electrons. The van der Waals surface area contributed by atoms with Crippen LogP contribution in [0.5, 0.6) is 0 Å². The largest absolute Gasteiger partial charge is 0.387 e. The molecule has 0 aliphatic carbocycles. The Morgan fingerprint density at radius 3 is 1.86 bits per heavy atom. The number of ketones is 1. The normalized spacial score (nSPS) is 10.0. The minimum Gasteiger partial charge on any atom is -0.387 e. The van der Waals surface area contributed by atoms with Crippen molar-refractivity contribution in [1.29, 1.82) is 0 Å². The van der Waals surface area contributed by atoms with Crippen LogP contribution in [0.1, 0.15) is 34.1 Å². The third kappa shape index (κ3) is 8.29. The van der Waals surface area contributed by atoms with Gasteiger partial charge in [0.2, 0.25) is 5.78 Å². The summed E-state index contributed by atoms with van der Waals surface area (Å²) in [6.07, 6.45) is 0.117. The van der Waals surface area contributed by atoms with Gasteiger partial charge in [-0.3, -0.25) is 9.59 Å². The average Bonchev–Trinajstić information content (AvgIpc) is 1.81. The summed E-state index contributed by atoms with van der Waals surface area (Å²) in [7, 11) is 0. The molecule has 0 bridgehead atoms. The van der Waals surface area contributed by atoms with Gasteiger partial charge < -0.3 is 4.74 Å². The van der Waals surface area contributed by atoms with E-state index in [9.17, 15) is 14.4 Å². The van der Waals surface area contributed by atoms with Crippen LogP contribution in [0, 0.1) is 5.41 Å². The molecule has 14 heavy (non-hydrogen) atoms. The zero-order valence-electron chi connectivity index (χ0n) is 8.92. The SMILES string of the molecule is CC(=O)C(=O)OC(=O)CC(C)(C)C.[Sc]. The molecule has 0 N–H and O–H groups in total. The Balaban J connectivity index is 0. The molecular formula is C9H14O4Sc. The maximum atomic E-state index is 11.0. The summed E-state index contributed by atoms with van der Waals surface area (Å²) < 4.78 is 4.26. The van der Waals surface area contributed by atoms with E-state index in [0.717, 1.165) is 6.92 Å². The molecule has 1 radical (unpaired) electrons. The molecule has 0 unspecified atom stereocenters. The second-order valence-electron chi connectivity index (χ2n) is 4.06. The van der Waals surface area contributed by atoms with Gasteiger partial charge in [0.1, 0.15) is 0 Å². The number of Topliss-reactive ketones (excluding diaryl/α,β-unsaturated/α-hetero) is 1. The molecule has 0 aromatic heterocycles. The van der Waals surface area contributed by atoms with Crippen molar-refractivity contribution in [3.8, 4) is 0 Å². The van der Waals surface area contributed by atoms with Crippen LogP contribution in [0.15, 0.2) is 0 Å². The van der Waals surface area contributed by atoms with Crippen LogP contribution in [0.3, 0.4) is 0 Å². The third-order valence-corrected chi connectivity index (χ3v) is 1.17. The minimum atomic E-state index is -1.09. The zero-order valence-corrected chi connectivity index (χ0v) is 10.7. The summed E-state index contributed by atoms with van der Waals surface area (Å²) >= 11 is 0. The Kier molecular flexibility index (Phi) is 7.16. The fourth-order valence-corrected chi connectivity index (χ4v) is 0.644. The summed E-state index contributed by atoms with van der Waals surface area (Å²) in [6.45, 7) is 6.58. The first-order chi connectivity index (χ1) is 5.72. The molecule has 0 heterocycles. The molecular weight excluding hydrogens is 217 g/mol. The van der Waals surface area contributed by atoms with Gasteiger partial charge >= 0.3 is 11.9 Å². The number of carbonyl (C=O) groups excluding carboxylic acids is 3. The Morgan fingerprint density at radius 1 is 1.14 bits per heavy atom. The molecule has 0 fully saturated rings. The molecule has 0 spiro atoms. The third-order valence-electron chi connectivity index (χ3n) is 1.17. The summed E-state index contributed by atoms with van der Waals surface area (Å²) in [4.78, 5) is 32.0. The molecule has 0 atom stereocenters. The Morgan fingerprint density at radius 2 is 1.57 bits per heavy atom. The average molecular weight is 231 g/mol. The number of esters is 2. The van der Waals surface area contributed by atoms with Crippen molar-refractivity contribution in [2.45, 2.75) is 34.1 Å². The van der Waals surface area contributed by atoms with Gasteiger partial charge in [0.25, 0.3) is 0 Å². The van der Waals surface area contributed by atoms with Gasteiger partial charge in [-0.05, 0) is 5.41 Å². The minimum absolute atomic E-state index is 0. The fourth-order valence-electron chi connectivity index (χ4n) is 0.644. The maximum absolute atomic E-state index is 11.0. The molecule has 0 aromatic carbocycles. The molecule has 0 aliphatic heterocycles. The maximum Gasteiger partial charge on any atom is 0.381 e. The van der Waals surface area contributed by atoms with Crippen LogP contribution in [0.4, 0.5) is 0 Å². The molecule has 0 amide bonds. The molecule has 0 saturated carbocycles. The van der Waals surface area contributed by atoms with E-state index in [2.05, 4.69) is 4.74 Å². The molecule has 0 rings (SSSR count). The van der Waals surface area contributed by atoms with E-state index in [4.69, 9.17) is 0 Å². The smallest absolute Gasteiger partial charge is 0.381 e. The quantitative estimate of drug-likeness (QED) is 0.405. The van der Waals surface area contributed by atoms with E-state index >= 15 is 0 Å². The number of rotatable bonds is 2. The molecule has 0 aromatic rings. The molecule has 4 nitrogen and oxygen atoms in total. The van der Waals surface area contributed by atoms with Crippen molar-refractivity contribution in [3.05, 3.63) is 0 Å². The molecule has 0 aliphatic rings. The monoisotopic (exact) mass is 231 g/mol. The van der Waals surface area contributed by atoms with E-state index < -0.39 is 17.7 Å². The topological polar surface area (TPSA) is 60.4 Å². The molecule has 5 heteroatoms. The van der Waals surface area contributed by atoms with Crippen LogP contribution in [0.2, 0.25) is 0 Å². The summed E-state index contributed by atoms with van der Waals surface area (Å²) in [5.74, 6) is -2.51. The Hall–Kier alpha value is -0.320. The Labute approximate surface area is 102 Å². The van der Waals surface area contributed by atoms with Crippen molar-refractivity contribution in [2.24, 2.45) is 5.41 Å². The van der Waals surface area contributed by atoms with Gasteiger partial charge in [0, 0.05) is 32.8 Å². The number of ether oxygens (including phenoxy) is 1. The van der Waals surface area contributed by atoms with E-state index in [1.807, 2.05) is 20.8 Å². The van der Waals surface area contributed by atoms with Crippen molar-refractivity contribution in [2.75, 3.05) is 0 Å². The fraction of sp³-hybridized carbons (Fsp3) is 0.667. The second kappa shape index (κ2) is 6.22. The number of carbonyl (C=O) groups is 3. The molecule has 0 saturated heterocycles. The van der Waals surface area contributed by atoms with Gasteiger partial charge in [-0.1, -0.05) is 20.8 Å². The first kappa shape index (κ1) is 16.1. The van der Waals surface area contributed by atoms with Crippen LogP contribution in [-0.2, 0) is 45.0 Å². The standard InChI is InChI=1S/C9H14O4.Sc/c1-6(10)8(12)13-7(11)5-9(2,3)4;/h5H2,1-4H3;. The van der Waals surface area contributed by atoms with Gasteiger partial charge in [0.15, 0.2) is 0 Å². The van der Waals surface area contributed by atoms with E-state index in [1.54, 1.807) is 0 Å². The van der Waals surface area contributed by atoms with Gasteiger partial charge in [-0.25, -0.2) is 4.79 Å². The zero-order chi connectivity index (χ0) is 10.6. The predicted molar refractivity (Wildman–Crippen MR) is 45.9 cm³/mol.